The molecule has 106 valence electrons. The van der Waals surface area contributed by atoms with Crippen LogP contribution < -0.4 is 5.14 Å². The zero-order valence-electron chi connectivity index (χ0n) is 9.78. The van der Waals surface area contributed by atoms with Crippen LogP contribution in [0.25, 0.3) is 0 Å². The lowest BCUT2D eigenvalue weighted by Crippen LogP contribution is -2.12. The zero-order valence-corrected chi connectivity index (χ0v) is 11.4. The third-order valence-corrected chi connectivity index (χ3v) is 3.32. The molecule has 0 radical (unpaired) electrons. The molecule has 10 heteroatoms. The van der Waals surface area contributed by atoms with Crippen LogP contribution in [0.15, 0.2) is 17.2 Å². The summed E-state index contributed by atoms with van der Waals surface area (Å²) in [6.07, 6.45) is 3.41. The summed E-state index contributed by atoms with van der Waals surface area (Å²) in [4.78, 5) is 12.4. The van der Waals surface area contributed by atoms with Crippen molar-refractivity contribution in [2.45, 2.75) is 17.7 Å². The molecule has 0 atom stereocenters. The smallest absolute Gasteiger partial charge is 0.307 e. The average molecular weight is 310 g/mol. The number of primary sulfonamides is 1. The highest BCUT2D eigenvalue weighted by Gasteiger charge is 2.18. The Morgan fingerprint density at radius 2 is 2.00 bits per heavy atom. The maximum Gasteiger partial charge on any atom is 0.307 e. The summed E-state index contributed by atoms with van der Waals surface area (Å²) in [6.45, 7) is 2.00. The molecule has 0 amide bonds. The Labute approximate surface area is 114 Å². The molecule has 2 rings (SSSR count). The van der Waals surface area contributed by atoms with Crippen molar-refractivity contribution >= 4 is 27.3 Å². The molecule has 1 aliphatic heterocycles. The number of halogens is 1. The predicted octanol–water partition coefficient (Wildman–Crippen LogP) is 1.09. The summed E-state index contributed by atoms with van der Waals surface area (Å²) >= 11 is 5.35. The summed E-state index contributed by atoms with van der Waals surface area (Å²) in [7, 11) is -4.00. The molecular weight excluding hydrogens is 298 g/mol. The van der Waals surface area contributed by atoms with Gasteiger partial charge in [-0.3, -0.25) is 10.1 Å². The Hall–Kier alpha value is -1.29. The van der Waals surface area contributed by atoms with Gasteiger partial charge in [-0.1, -0.05) is 11.6 Å². The van der Waals surface area contributed by atoms with E-state index < -0.39 is 25.5 Å². The van der Waals surface area contributed by atoms with Gasteiger partial charge in [0.25, 0.3) is 0 Å². The first-order valence-electron chi connectivity index (χ1n) is 5.23. The topological polar surface area (TPSA) is 125 Å². The number of ether oxygens (including phenoxy) is 1. The minimum atomic E-state index is -4.00. The van der Waals surface area contributed by atoms with E-state index in [4.69, 9.17) is 21.5 Å². The second-order valence-electron chi connectivity index (χ2n) is 3.60. The van der Waals surface area contributed by atoms with Crippen molar-refractivity contribution < 1.29 is 18.1 Å². The Morgan fingerprint density at radius 3 is 2.37 bits per heavy atom. The van der Waals surface area contributed by atoms with E-state index in [2.05, 4.69) is 4.98 Å². The lowest BCUT2D eigenvalue weighted by Gasteiger charge is -1.98. The van der Waals surface area contributed by atoms with E-state index in [1.165, 1.54) is 12.8 Å². The number of hydrogen-bond donors (Lipinski definition) is 1. The summed E-state index contributed by atoms with van der Waals surface area (Å²) in [5.74, 6) is 0. The molecule has 0 aromatic carbocycles. The van der Waals surface area contributed by atoms with Gasteiger partial charge in [0, 0.05) is 25.5 Å². The number of nitrogens with zero attached hydrogens (tertiary/aromatic N) is 2. The van der Waals surface area contributed by atoms with Gasteiger partial charge in [-0.05, 0) is 12.8 Å². The molecule has 0 bridgehead atoms. The Balaban J connectivity index is 0.000000300. The quantitative estimate of drug-likeness (QED) is 0.495. The van der Waals surface area contributed by atoms with Gasteiger partial charge in [-0.25, -0.2) is 18.5 Å². The molecule has 1 aliphatic rings. The van der Waals surface area contributed by atoms with Gasteiger partial charge < -0.3 is 4.74 Å². The molecule has 1 saturated heterocycles. The van der Waals surface area contributed by atoms with Gasteiger partial charge in [0.05, 0.1) is 4.92 Å². The molecule has 2 N–H and O–H groups in total. The number of pyridine rings is 1. The number of aromatic nitrogens is 1. The monoisotopic (exact) mass is 309 g/mol. The van der Waals surface area contributed by atoms with Crippen molar-refractivity contribution in [1.82, 2.24) is 4.98 Å². The summed E-state index contributed by atoms with van der Waals surface area (Å²) in [5.41, 5.74) is -0.599. The van der Waals surface area contributed by atoms with Crippen molar-refractivity contribution in [1.29, 1.82) is 0 Å². The molecule has 1 aromatic rings. The Bertz CT molecular complexity index is 551. The Kier molecular flexibility index (Phi) is 5.60. The number of nitrogens with two attached hydrogens (primary N) is 1. The van der Waals surface area contributed by atoms with E-state index in [1.54, 1.807) is 0 Å². The third-order valence-electron chi connectivity index (χ3n) is 2.15. The van der Waals surface area contributed by atoms with Crippen LogP contribution in [0.1, 0.15) is 12.8 Å². The predicted molar refractivity (Wildman–Crippen MR) is 67.3 cm³/mol. The van der Waals surface area contributed by atoms with Gasteiger partial charge in [-0.15, -0.1) is 0 Å². The molecule has 0 saturated carbocycles. The van der Waals surface area contributed by atoms with Crippen molar-refractivity contribution in [2.24, 2.45) is 5.14 Å². The highest BCUT2D eigenvalue weighted by Crippen LogP contribution is 2.23. The fraction of sp³-hybridized carbons (Fsp3) is 0.444. The third kappa shape index (κ3) is 5.07. The summed E-state index contributed by atoms with van der Waals surface area (Å²) < 4.78 is 26.5. The maximum atomic E-state index is 10.8. The normalized spacial score (nSPS) is 14.6. The van der Waals surface area contributed by atoms with Gasteiger partial charge in [0.1, 0.15) is 4.90 Å². The van der Waals surface area contributed by atoms with Crippen LogP contribution in [0.5, 0.6) is 0 Å². The molecule has 0 unspecified atom stereocenters. The molecule has 19 heavy (non-hydrogen) atoms. The lowest BCUT2D eigenvalue weighted by molar-refractivity contribution is -0.385. The van der Waals surface area contributed by atoms with Gasteiger partial charge in [0.2, 0.25) is 15.2 Å². The van der Waals surface area contributed by atoms with E-state index in [1.807, 2.05) is 0 Å². The first-order chi connectivity index (χ1) is 8.82. The Morgan fingerprint density at radius 1 is 1.42 bits per heavy atom. The van der Waals surface area contributed by atoms with Crippen LogP contribution in [0.2, 0.25) is 5.15 Å². The second kappa shape index (κ2) is 6.75. The number of sulfonamides is 1. The van der Waals surface area contributed by atoms with Crippen LogP contribution in [-0.2, 0) is 14.8 Å². The first kappa shape index (κ1) is 15.8. The summed E-state index contributed by atoms with van der Waals surface area (Å²) in [6, 6.07) is 0.755. The van der Waals surface area contributed by atoms with E-state index >= 15 is 0 Å². The van der Waals surface area contributed by atoms with Crippen molar-refractivity contribution in [2.75, 3.05) is 13.2 Å². The zero-order chi connectivity index (χ0) is 14.5. The summed E-state index contributed by atoms with van der Waals surface area (Å²) in [5, 5.41) is 14.7. The minimum absolute atomic E-state index is 0.387. The van der Waals surface area contributed by atoms with Crippen LogP contribution >= 0.6 is 11.6 Å². The standard InChI is InChI=1S/C5H4ClN3O4S.C4H8O/c6-5-4(9(10)11)1-3(2-8-5)14(7,12)13;1-2-4-5-3-1/h1-2H,(H2,7,12,13);1-4H2. The maximum absolute atomic E-state index is 10.8. The molecular formula is C9H12ClN3O5S. The fourth-order valence-corrected chi connectivity index (χ4v) is 1.86. The second-order valence-corrected chi connectivity index (χ2v) is 5.52. The largest absolute Gasteiger partial charge is 0.381 e. The molecule has 2 heterocycles. The molecule has 1 aromatic heterocycles. The van der Waals surface area contributed by atoms with Crippen LogP contribution in [-0.4, -0.2) is 31.5 Å². The number of nitro groups is 1. The van der Waals surface area contributed by atoms with E-state index in [0.717, 1.165) is 25.5 Å². The van der Waals surface area contributed by atoms with E-state index in [9.17, 15) is 18.5 Å². The van der Waals surface area contributed by atoms with Gasteiger partial charge in [-0.2, -0.15) is 0 Å². The van der Waals surface area contributed by atoms with Crippen molar-refractivity contribution in [3.05, 3.63) is 27.5 Å². The SMILES string of the molecule is C1CCOC1.NS(=O)(=O)c1cnc(Cl)c([N+](=O)[O-])c1. The van der Waals surface area contributed by atoms with Crippen LogP contribution in [0, 0.1) is 10.1 Å². The molecule has 1 fully saturated rings. The highest BCUT2D eigenvalue weighted by atomic mass is 35.5. The molecule has 0 spiro atoms. The minimum Gasteiger partial charge on any atom is -0.381 e. The number of rotatable bonds is 2. The molecule has 0 aliphatic carbocycles. The van der Waals surface area contributed by atoms with Crippen molar-refractivity contribution in [3.63, 3.8) is 0 Å². The van der Waals surface area contributed by atoms with Crippen LogP contribution in [0.3, 0.4) is 0 Å². The van der Waals surface area contributed by atoms with Gasteiger partial charge >= 0.3 is 5.69 Å². The fourth-order valence-electron chi connectivity index (χ4n) is 1.21. The first-order valence-corrected chi connectivity index (χ1v) is 7.15. The van der Waals surface area contributed by atoms with Gasteiger partial charge in [0.15, 0.2) is 0 Å². The van der Waals surface area contributed by atoms with Crippen LogP contribution in [0.4, 0.5) is 5.69 Å². The van der Waals surface area contributed by atoms with E-state index in [-0.39, 0.29) is 5.15 Å². The highest BCUT2D eigenvalue weighted by molar-refractivity contribution is 7.89. The number of hydrogen-bond acceptors (Lipinski definition) is 6. The molecule has 8 nitrogen and oxygen atoms in total. The lowest BCUT2D eigenvalue weighted by atomic mass is 10.4. The van der Waals surface area contributed by atoms with Crippen molar-refractivity contribution in [3.8, 4) is 0 Å². The van der Waals surface area contributed by atoms with E-state index in [0.29, 0.717) is 0 Å². The average Bonchev–Trinajstić information content (AvgIpc) is 2.86.